The van der Waals surface area contributed by atoms with Gasteiger partial charge in [0.05, 0.1) is 0 Å². The quantitative estimate of drug-likeness (QED) is 0.512. The largest absolute Gasteiger partial charge is 0.0837 e. The van der Waals surface area contributed by atoms with Crippen molar-refractivity contribution in [3.05, 3.63) is 59.2 Å². The molecule has 0 nitrogen and oxygen atoms in total. The summed E-state index contributed by atoms with van der Waals surface area (Å²) in [5.74, 6) is 0. The fourth-order valence-electron chi connectivity index (χ4n) is 5.65. The van der Waals surface area contributed by atoms with Crippen LogP contribution >= 0.6 is 0 Å². The van der Waals surface area contributed by atoms with E-state index in [4.69, 9.17) is 0 Å². The monoisotopic (exact) mass is 306 g/mol. The van der Waals surface area contributed by atoms with Gasteiger partial charge < -0.3 is 0 Å². The second kappa shape index (κ2) is 5.96. The Bertz CT molecular complexity index is 627. The number of hydrogen-bond donors (Lipinski definition) is 0. The molecule has 0 heterocycles. The van der Waals surface area contributed by atoms with Gasteiger partial charge in [-0.25, -0.2) is 0 Å². The van der Waals surface area contributed by atoms with Gasteiger partial charge in [-0.05, 0) is 55.1 Å². The molecule has 0 aromatic heterocycles. The van der Waals surface area contributed by atoms with E-state index in [-0.39, 0.29) is 0 Å². The topological polar surface area (TPSA) is 0 Å². The molecular formula is C23H30. The molecule has 1 spiro atoms. The van der Waals surface area contributed by atoms with Gasteiger partial charge >= 0.3 is 0 Å². The van der Waals surface area contributed by atoms with Crippen LogP contribution in [0.3, 0.4) is 0 Å². The van der Waals surface area contributed by atoms with Crippen molar-refractivity contribution >= 4 is 0 Å². The molecule has 1 unspecified atom stereocenters. The Morgan fingerprint density at radius 3 is 2.52 bits per heavy atom. The normalized spacial score (nSPS) is 29.7. The van der Waals surface area contributed by atoms with Gasteiger partial charge in [0.2, 0.25) is 0 Å². The van der Waals surface area contributed by atoms with Crippen LogP contribution in [0.4, 0.5) is 0 Å². The summed E-state index contributed by atoms with van der Waals surface area (Å²) in [7, 11) is 0. The Morgan fingerprint density at radius 1 is 0.870 bits per heavy atom. The molecule has 1 aromatic rings. The zero-order valence-corrected chi connectivity index (χ0v) is 14.6. The van der Waals surface area contributed by atoms with E-state index in [0.29, 0.717) is 10.8 Å². The van der Waals surface area contributed by atoms with E-state index in [0.717, 1.165) is 0 Å². The van der Waals surface area contributed by atoms with Crippen LogP contribution in [0.15, 0.2) is 48.1 Å². The summed E-state index contributed by atoms with van der Waals surface area (Å²) in [5.41, 5.74) is 5.78. The van der Waals surface area contributed by atoms with Crippen molar-refractivity contribution < 1.29 is 0 Å². The van der Waals surface area contributed by atoms with Crippen LogP contribution in [-0.4, -0.2) is 0 Å². The third-order valence-corrected chi connectivity index (χ3v) is 6.80. The third-order valence-electron chi connectivity index (χ3n) is 6.80. The summed E-state index contributed by atoms with van der Waals surface area (Å²) in [5, 5.41) is 0. The van der Waals surface area contributed by atoms with E-state index in [1.165, 1.54) is 64.2 Å². The molecule has 122 valence electrons. The van der Waals surface area contributed by atoms with Crippen molar-refractivity contribution in [1.82, 2.24) is 0 Å². The molecule has 1 atom stereocenters. The summed E-state index contributed by atoms with van der Waals surface area (Å²) in [4.78, 5) is 0. The van der Waals surface area contributed by atoms with E-state index in [9.17, 15) is 0 Å². The molecule has 0 saturated heterocycles. The predicted octanol–water partition coefficient (Wildman–Crippen LogP) is 6.51. The van der Waals surface area contributed by atoms with Crippen LogP contribution < -0.4 is 0 Å². The van der Waals surface area contributed by atoms with E-state index in [2.05, 4.69) is 49.4 Å². The number of fused-ring (bicyclic) bond motifs is 4. The summed E-state index contributed by atoms with van der Waals surface area (Å²) in [6.45, 7) is 2.55. The van der Waals surface area contributed by atoms with Gasteiger partial charge in [0.25, 0.3) is 0 Å². The summed E-state index contributed by atoms with van der Waals surface area (Å²) >= 11 is 0. The molecule has 0 N–H and O–H groups in total. The molecule has 4 rings (SSSR count). The van der Waals surface area contributed by atoms with Crippen LogP contribution in [0.2, 0.25) is 0 Å². The Balaban J connectivity index is 1.92. The van der Waals surface area contributed by atoms with Gasteiger partial charge in [-0.1, -0.05) is 80.7 Å². The lowest BCUT2D eigenvalue weighted by molar-refractivity contribution is 0.286. The van der Waals surface area contributed by atoms with Crippen molar-refractivity contribution in [2.24, 2.45) is 5.41 Å². The van der Waals surface area contributed by atoms with Crippen molar-refractivity contribution in [2.45, 2.75) is 76.5 Å². The highest BCUT2D eigenvalue weighted by Crippen LogP contribution is 2.56. The first-order valence-corrected chi connectivity index (χ1v) is 9.71. The maximum Gasteiger partial charge on any atom is 0.0173 e. The first kappa shape index (κ1) is 15.2. The average molecular weight is 306 g/mol. The van der Waals surface area contributed by atoms with E-state index in [1.807, 2.05) is 0 Å². The lowest BCUT2D eigenvalue weighted by atomic mass is 9.58. The van der Waals surface area contributed by atoms with Gasteiger partial charge in [-0.15, -0.1) is 0 Å². The van der Waals surface area contributed by atoms with Crippen molar-refractivity contribution in [3.8, 4) is 0 Å². The summed E-state index contributed by atoms with van der Waals surface area (Å²) in [6.07, 6.45) is 20.8. The van der Waals surface area contributed by atoms with E-state index in [1.54, 1.807) is 16.7 Å². The van der Waals surface area contributed by atoms with Gasteiger partial charge in [-0.2, -0.15) is 0 Å². The van der Waals surface area contributed by atoms with Crippen molar-refractivity contribution in [1.29, 1.82) is 0 Å². The summed E-state index contributed by atoms with van der Waals surface area (Å²) < 4.78 is 0. The minimum Gasteiger partial charge on any atom is -0.0837 e. The standard InChI is InChI=1S/C23H30/c1-22-15-7-2-3-11-19-12-4-5-13-20(19)23(17-9-10-18-23)21(22)14-6-8-16-22/h4-6,8,12-14H,2-3,7,9-11,15-18H2,1H3. The number of allylic oxidation sites excluding steroid dienone is 4. The average Bonchev–Trinajstić information content (AvgIpc) is 3.05. The fraction of sp³-hybridized carbons (Fsp3) is 0.565. The molecule has 0 bridgehead atoms. The first-order chi connectivity index (χ1) is 11.2. The lowest BCUT2D eigenvalue weighted by Crippen LogP contribution is -2.37. The Kier molecular flexibility index (Phi) is 3.95. The maximum absolute atomic E-state index is 2.55. The molecule has 23 heavy (non-hydrogen) atoms. The SMILES string of the molecule is CC12CC=CC=C1C1(CCCC1)c1ccccc1CCCCC2. The second-order valence-electron chi connectivity index (χ2n) is 8.28. The predicted molar refractivity (Wildman–Crippen MR) is 98.7 cm³/mol. The Labute approximate surface area is 141 Å². The number of aryl methyl sites for hydroxylation is 1. The molecule has 1 aromatic carbocycles. The van der Waals surface area contributed by atoms with Crippen LogP contribution in [0.1, 0.15) is 75.8 Å². The molecule has 0 aliphatic heterocycles. The molecule has 3 aliphatic rings. The van der Waals surface area contributed by atoms with E-state index < -0.39 is 0 Å². The second-order valence-corrected chi connectivity index (χ2v) is 8.28. The van der Waals surface area contributed by atoms with Gasteiger partial charge in [0, 0.05) is 5.41 Å². The van der Waals surface area contributed by atoms with Crippen LogP contribution in [0.5, 0.6) is 0 Å². The summed E-state index contributed by atoms with van der Waals surface area (Å²) in [6, 6.07) is 9.40. The molecule has 1 saturated carbocycles. The van der Waals surface area contributed by atoms with Crippen LogP contribution in [0, 0.1) is 5.41 Å². The zero-order chi connectivity index (χ0) is 15.8. The molecule has 0 amide bonds. The highest BCUT2D eigenvalue weighted by Gasteiger charge is 2.47. The van der Waals surface area contributed by atoms with E-state index >= 15 is 0 Å². The molecule has 1 fully saturated rings. The molecule has 0 heteroatoms. The lowest BCUT2D eigenvalue weighted by Gasteiger charge is -2.46. The molecular weight excluding hydrogens is 276 g/mol. The van der Waals surface area contributed by atoms with Gasteiger partial charge in [0.1, 0.15) is 0 Å². The molecule has 0 radical (unpaired) electrons. The van der Waals surface area contributed by atoms with Crippen LogP contribution in [0.25, 0.3) is 0 Å². The fourth-order valence-corrected chi connectivity index (χ4v) is 5.65. The maximum atomic E-state index is 2.55. The highest BCUT2D eigenvalue weighted by atomic mass is 14.5. The smallest absolute Gasteiger partial charge is 0.0173 e. The number of benzene rings is 1. The Morgan fingerprint density at radius 2 is 1.65 bits per heavy atom. The van der Waals surface area contributed by atoms with Gasteiger partial charge in [0.15, 0.2) is 0 Å². The number of hydrogen-bond acceptors (Lipinski definition) is 0. The first-order valence-electron chi connectivity index (χ1n) is 9.71. The van der Waals surface area contributed by atoms with Crippen molar-refractivity contribution in [3.63, 3.8) is 0 Å². The van der Waals surface area contributed by atoms with Crippen molar-refractivity contribution in [2.75, 3.05) is 0 Å². The van der Waals surface area contributed by atoms with Crippen LogP contribution in [-0.2, 0) is 11.8 Å². The number of rotatable bonds is 0. The zero-order valence-electron chi connectivity index (χ0n) is 14.6. The highest BCUT2D eigenvalue weighted by molar-refractivity contribution is 5.47. The third kappa shape index (κ3) is 2.51. The van der Waals surface area contributed by atoms with Gasteiger partial charge in [-0.3, -0.25) is 0 Å². The minimum atomic E-state index is 0.327. The Hall–Kier alpha value is -1.30. The minimum absolute atomic E-state index is 0.327. The molecule has 3 aliphatic carbocycles.